The van der Waals surface area contributed by atoms with E-state index in [4.69, 9.17) is 5.21 Å². The smallest absolute Gasteiger partial charge is 0.0756 e. The van der Waals surface area contributed by atoms with Crippen molar-refractivity contribution in [1.29, 1.82) is 0 Å². The lowest BCUT2D eigenvalue weighted by molar-refractivity contribution is 0.321. The van der Waals surface area contributed by atoms with Gasteiger partial charge in [0.15, 0.2) is 0 Å². The molecule has 0 spiro atoms. The van der Waals surface area contributed by atoms with Crippen LogP contribution in [0.15, 0.2) is 26.7 Å². The number of hydrogen-bond donors (Lipinski definition) is 1. The third-order valence-electron chi connectivity index (χ3n) is 1.94. The van der Waals surface area contributed by atoms with Gasteiger partial charge in [-0.05, 0) is 34.5 Å². The molecular formula is C12H16BrNOS. The van der Waals surface area contributed by atoms with Crippen molar-refractivity contribution in [2.45, 2.75) is 37.3 Å². The largest absolute Gasteiger partial charge is 0.411 e. The molecule has 0 unspecified atom stereocenters. The van der Waals surface area contributed by atoms with Crippen LogP contribution in [0.25, 0.3) is 0 Å². The fourth-order valence-corrected chi connectivity index (χ4v) is 2.92. The summed E-state index contributed by atoms with van der Waals surface area (Å²) < 4.78 is 1.12. The first-order valence-corrected chi connectivity index (χ1v) is 6.61. The maximum Gasteiger partial charge on any atom is 0.0756 e. The summed E-state index contributed by atoms with van der Waals surface area (Å²) in [6, 6.07) is 4.12. The van der Waals surface area contributed by atoms with Crippen molar-refractivity contribution < 1.29 is 5.21 Å². The molecule has 4 heteroatoms. The standard InChI is InChI=1S/C12H16BrNOS/c1-8-5-6-10(16-12(2,3)4)9(7-14-15)11(8)13/h5-7,15H,1-4H3/b14-7+. The summed E-state index contributed by atoms with van der Waals surface area (Å²) in [7, 11) is 0. The van der Waals surface area contributed by atoms with E-state index in [9.17, 15) is 0 Å². The van der Waals surface area contributed by atoms with Crippen LogP contribution in [0, 0.1) is 6.92 Å². The number of aryl methyl sites for hydroxylation is 1. The molecule has 0 aliphatic heterocycles. The normalized spacial score (nSPS) is 12.3. The molecule has 0 amide bonds. The second-order valence-electron chi connectivity index (χ2n) is 4.57. The average molecular weight is 302 g/mol. The number of halogens is 1. The number of nitrogens with zero attached hydrogens (tertiary/aromatic N) is 1. The molecule has 1 N–H and O–H groups in total. The van der Waals surface area contributed by atoms with E-state index in [-0.39, 0.29) is 4.75 Å². The van der Waals surface area contributed by atoms with E-state index >= 15 is 0 Å². The molecule has 0 bridgehead atoms. The van der Waals surface area contributed by atoms with Gasteiger partial charge in [-0.1, -0.05) is 32.0 Å². The van der Waals surface area contributed by atoms with Gasteiger partial charge in [-0.25, -0.2) is 0 Å². The Morgan fingerprint density at radius 3 is 2.50 bits per heavy atom. The third kappa shape index (κ3) is 3.52. The van der Waals surface area contributed by atoms with Crippen molar-refractivity contribution in [1.82, 2.24) is 0 Å². The Bertz CT molecular complexity index is 410. The van der Waals surface area contributed by atoms with E-state index in [0.717, 1.165) is 20.5 Å². The molecule has 0 radical (unpaired) electrons. The molecule has 0 fully saturated rings. The van der Waals surface area contributed by atoms with Crippen LogP contribution >= 0.6 is 27.7 Å². The highest BCUT2D eigenvalue weighted by Gasteiger charge is 2.16. The van der Waals surface area contributed by atoms with Crippen LogP contribution in [0.2, 0.25) is 0 Å². The minimum absolute atomic E-state index is 0.132. The fourth-order valence-electron chi connectivity index (χ4n) is 1.28. The Labute approximate surface area is 109 Å². The van der Waals surface area contributed by atoms with E-state index in [2.05, 4.69) is 54.0 Å². The summed E-state index contributed by atoms with van der Waals surface area (Å²) in [5.74, 6) is 0. The van der Waals surface area contributed by atoms with Gasteiger partial charge in [0, 0.05) is 19.7 Å². The summed E-state index contributed by atoms with van der Waals surface area (Å²) in [5, 5.41) is 11.8. The van der Waals surface area contributed by atoms with Crippen LogP contribution < -0.4 is 0 Å². The van der Waals surface area contributed by atoms with Gasteiger partial charge >= 0.3 is 0 Å². The number of benzene rings is 1. The topological polar surface area (TPSA) is 32.6 Å². The molecule has 2 nitrogen and oxygen atoms in total. The van der Waals surface area contributed by atoms with E-state index in [0.29, 0.717) is 0 Å². The van der Waals surface area contributed by atoms with Crippen molar-refractivity contribution in [3.63, 3.8) is 0 Å². The number of thioether (sulfide) groups is 1. The fraction of sp³-hybridized carbons (Fsp3) is 0.417. The van der Waals surface area contributed by atoms with E-state index < -0.39 is 0 Å². The molecule has 88 valence electrons. The van der Waals surface area contributed by atoms with Crippen molar-refractivity contribution >= 4 is 33.9 Å². The summed E-state index contributed by atoms with van der Waals surface area (Å²) in [4.78, 5) is 1.11. The lowest BCUT2D eigenvalue weighted by Gasteiger charge is -2.19. The number of oxime groups is 1. The molecule has 1 aromatic carbocycles. The van der Waals surface area contributed by atoms with Gasteiger partial charge in [0.2, 0.25) is 0 Å². The second kappa shape index (κ2) is 5.23. The van der Waals surface area contributed by atoms with Gasteiger partial charge in [-0.15, -0.1) is 11.8 Å². The summed E-state index contributed by atoms with van der Waals surface area (Å²) in [6.07, 6.45) is 1.48. The van der Waals surface area contributed by atoms with Gasteiger partial charge < -0.3 is 5.21 Å². The highest BCUT2D eigenvalue weighted by atomic mass is 79.9. The summed E-state index contributed by atoms with van der Waals surface area (Å²) in [5.41, 5.74) is 2.07. The van der Waals surface area contributed by atoms with Gasteiger partial charge in [0.1, 0.15) is 0 Å². The predicted octanol–water partition coefficient (Wildman–Crippen LogP) is 4.46. The Balaban J connectivity index is 3.23. The molecule has 1 rings (SSSR count). The monoisotopic (exact) mass is 301 g/mol. The molecule has 0 aromatic heterocycles. The van der Waals surface area contributed by atoms with Crippen molar-refractivity contribution in [3.8, 4) is 0 Å². The molecule has 1 aromatic rings. The van der Waals surface area contributed by atoms with E-state index in [1.165, 1.54) is 6.21 Å². The zero-order valence-electron chi connectivity index (χ0n) is 9.91. The van der Waals surface area contributed by atoms with Crippen LogP contribution in [0.1, 0.15) is 31.9 Å². The Morgan fingerprint density at radius 2 is 2.00 bits per heavy atom. The summed E-state index contributed by atoms with van der Waals surface area (Å²) >= 11 is 5.28. The van der Waals surface area contributed by atoms with Crippen molar-refractivity contribution in [2.75, 3.05) is 0 Å². The minimum Gasteiger partial charge on any atom is -0.411 e. The van der Waals surface area contributed by atoms with Crippen molar-refractivity contribution in [3.05, 3.63) is 27.7 Å². The molecule has 0 aliphatic rings. The molecule has 16 heavy (non-hydrogen) atoms. The van der Waals surface area contributed by atoms with E-state index in [1.54, 1.807) is 11.8 Å². The SMILES string of the molecule is Cc1ccc(SC(C)(C)C)c(/C=N/O)c1Br. The zero-order valence-corrected chi connectivity index (χ0v) is 12.3. The summed E-state index contributed by atoms with van der Waals surface area (Å²) in [6.45, 7) is 8.49. The molecule has 0 atom stereocenters. The molecule has 0 heterocycles. The average Bonchev–Trinajstić information content (AvgIpc) is 2.15. The maximum atomic E-state index is 8.70. The van der Waals surface area contributed by atoms with E-state index in [1.807, 2.05) is 6.92 Å². The molecule has 0 saturated heterocycles. The number of rotatable bonds is 2. The maximum absolute atomic E-state index is 8.70. The van der Waals surface area contributed by atoms with Gasteiger partial charge in [-0.2, -0.15) is 0 Å². The zero-order chi connectivity index (χ0) is 12.3. The first-order valence-electron chi connectivity index (χ1n) is 5.00. The van der Waals surface area contributed by atoms with Crippen molar-refractivity contribution in [2.24, 2.45) is 5.16 Å². The number of hydrogen-bond acceptors (Lipinski definition) is 3. The van der Waals surface area contributed by atoms with Gasteiger partial charge in [0.25, 0.3) is 0 Å². The first-order chi connectivity index (χ1) is 7.35. The van der Waals surface area contributed by atoms with Gasteiger partial charge in [0.05, 0.1) is 6.21 Å². The highest BCUT2D eigenvalue weighted by Crippen LogP contribution is 2.37. The van der Waals surface area contributed by atoms with Gasteiger partial charge in [-0.3, -0.25) is 0 Å². The van der Waals surface area contributed by atoms with Crippen LogP contribution in [-0.2, 0) is 0 Å². The van der Waals surface area contributed by atoms with Crippen LogP contribution in [0.3, 0.4) is 0 Å². The molecule has 0 aliphatic carbocycles. The molecular weight excluding hydrogens is 286 g/mol. The Morgan fingerprint density at radius 1 is 1.38 bits per heavy atom. The molecule has 0 saturated carbocycles. The Kier molecular flexibility index (Phi) is 4.44. The second-order valence-corrected chi connectivity index (χ2v) is 7.23. The predicted molar refractivity (Wildman–Crippen MR) is 73.9 cm³/mol. The lowest BCUT2D eigenvalue weighted by Crippen LogP contribution is -2.08. The van der Waals surface area contributed by atoms with Crippen LogP contribution in [0.5, 0.6) is 0 Å². The van der Waals surface area contributed by atoms with Crippen LogP contribution in [-0.4, -0.2) is 16.2 Å². The highest BCUT2D eigenvalue weighted by molar-refractivity contribution is 9.10. The first kappa shape index (κ1) is 13.6. The quantitative estimate of drug-likeness (QED) is 0.379. The third-order valence-corrected chi connectivity index (χ3v) is 4.18. The minimum atomic E-state index is 0.132. The Hall–Kier alpha value is -0.480. The van der Waals surface area contributed by atoms with Crippen LogP contribution in [0.4, 0.5) is 0 Å². The lowest BCUT2D eigenvalue weighted by atomic mass is 10.1.